The minimum absolute atomic E-state index is 0.239. The van der Waals surface area contributed by atoms with E-state index in [0.717, 1.165) is 22.2 Å². The average Bonchev–Trinajstić information content (AvgIpc) is 3.41. The van der Waals surface area contributed by atoms with E-state index in [1.54, 1.807) is 34.9 Å². The Bertz CT molecular complexity index is 1220. The molecule has 27 heavy (non-hydrogen) atoms. The van der Waals surface area contributed by atoms with Gasteiger partial charge in [-0.25, -0.2) is 4.98 Å². The number of H-pyrrole nitrogens is 1. The number of hydrogen-bond acceptors (Lipinski definition) is 7. The first-order valence-corrected chi connectivity index (χ1v) is 9.93. The Hall–Kier alpha value is -3.23. The van der Waals surface area contributed by atoms with Gasteiger partial charge in [0.25, 0.3) is 0 Å². The van der Waals surface area contributed by atoms with E-state index in [9.17, 15) is 0 Å². The van der Waals surface area contributed by atoms with Crippen molar-refractivity contribution in [1.29, 1.82) is 0 Å². The zero-order valence-corrected chi connectivity index (χ0v) is 15.6. The van der Waals surface area contributed by atoms with Crippen LogP contribution in [-0.2, 0) is 0 Å². The topological polar surface area (TPSA) is 92.5 Å². The molecule has 0 fully saturated rings. The number of fused-ring (bicyclic) bond motifs is 1. The van der Waals surface area contributed by atoms with E-state index >= 15 is 0 Å². The third-order valence-electron chi connectivity index (χ3n) is 4.13. The molecule has 0 aliphatic heterocycles. The third-order valence-corrected chi connectivity index (χ3v) is 6.32. The zero-order chi connectivity index (χ0) is 18.2. The molecule has 0 aliphatic carbocycles. The average molecular weight is 390 g/mol. The molecule has 4 heterocycles. The van der Waals surface area contributed by atoms with Crippen molar-refractivity contribution < 1.29 is 0 Å². The van der Waals surface area contributed by atoms with Crippen LogP contribution in [0.5, 0.6) is 0 Å². The smallest absolute Gasteiger partial charge is 0.221 e. The molecule has 0 aliphatic rings. The van der Waals surface area contributed by atoms with Crippen LogP contribution in [0.4, 0.5) is 17.5 Å². The summed E-state index contributed by atoms with van der Waals surface area (Å²) >= 11 is 3.52. The van der Waals surface area contributed by atoms with Crippen LogP contribution in [0.25, 0.3) is 31.1 Å². The quantitative estimate of drug-likeness (QED) is 0.395. The van der Waals surface area contributed by atoms with Crippen molar-refractivity contribution in [3.8, 4) is 20.2 Å². The van der Waals surface area contributed by atoms with E-state index in [1.165, 1.54) is 14.6 Å². The largest absolute Gasteiger partial charge is 0.368 e. The second-order valence-corrected chi connectivity index (χ2v) is 7.96. The van der Waals surface area contributed by atoms with Gasteiger partial charge in [-0.05, 0) is 41.8 Å². The van der Waals surface area contributed by atoms with E-state index in [4.69, 9.17) is 5.73 Å². The first-order valence-electron chi connectivity index (χ1n) is 8.23. The maximum atomic E-state index is 5.68. The second kappa shape index (κ2) is 6.49. The molecule has 6 nitrogen and oxygen atoms in total. The van der Waals surface area contributed by atoms with Gasteiger partial charge in [0.05, 0.1) is 11.7 Å². The molecule has 132 valence electrons. The fourth-order valence-corrected chi connectivity index (χ4v) is 4.81. The Morgan fingerprint density at radius 2 is 1.96 bits per heavy atom. The van der Waals surface area contributed by atoms with Crippen LogP contribution < -0.4 is 11.1 Å². The summed E-state index contributed by atoms with van der Waals surface area (Å²) in [6, 6.07) is 14.5. The van der Waals surface area contributed by atoms with Crippen molar-refractivity contribution in [2.24, 2.45) is 0 Å². The highest BCUT2D eigenvalue weighted by Gasteiger charge is 2.12. The molecule has 0 atom stereocenters. The molecule has 0 amide bonds. The fourth-order valence-electron chi connectivity index (χ4n) is 2.95. The molecule has 0 spiro atoms. The lowest BCUT2D eigenvalue weighted by Crippen LogP contribution is -1.99. The molecule has 0 unspecified atom stereocenters. The van der Waals surface area contributed by atoms with Crippen molar-refractivity contribution in [2.75, 3.05) is 11.1 Å². The van der Waals surface area contributed by atoms with Gasteiger partial charge in [0, 0.05) is 37.5 Å². The maximum absolute atomic E-state index is 5.68. The number of nitrogens with zero attached hydrogens (tertiary/aromatic N) is 3. The molecular weight excluding hydrogens is 376 g/mol. The number of aromatic nitrogens is 4. The van der Waals surface area contributed by atoms with E-state index in [-0.39, 0.29) is 5.95 Å². The summed E-state index contributed by atoms with van der Waals surface area (Å²) in [5.74, 6) is 0.894. The van der Waals surface area contributed by atoms with Crippen molar-refractivity contribution in [3.05, 3.63) is 60.2 Å². The molecule has 4 aromatic heterocycles. The van der Waals surface area contributed by atoms with Crippen molar-refractivity contribution in [1.82, 2.24) is 20.2 Å². The molecule has 5 aromatic rings. The number of nitrogens with one attached hydrogen (secondary N) is 2. The highest BCUT2D eigenvalue weighted by Crippen LogP contribution is 2.40. The third kappa shape index (κ3) is 3.05. The fraction of sp³-hybridized carbons (Fsp3) is 0. The summed E-state index contributed by atoms with van der Waals surface area (Å²) in [4.78, 5) is 11.9. The SMILES string of the molecule is Nc1nccc(Nc2cc(-c3ccc(-c4cccs4)s3)c3[nH]ncc3c2)n1. The van der Waals surface area contributed by atoms with E-state index < -0.39 is 0 Å². The number of hydrogen-bond donors (Lipinski definition) is 3. The summed E-state index contributed by atoms with van der Waals surface area (Å²) in [7, 11) is 0. The number of rotatable bonds is 4. The Balaban J connectivity index is 1.58. The van der Waals surface area contributed by atoms with Gasteiger partial charge in [0.2, 0.25) is 5.95 Å². The molecule has 8 heteroatoms. The molecule has 5 rings (SSSR count). The predicted molar refractivity (Wildman–Crippen MR) is 112 cm³/mol. The lowest BCUT2D eigenvalue weighted by molar-refractivity contribution is 1.12. The number of anilines is 3. The van der Waals surface area contributed by atoms with Gasteiger partial charge in [-0.3, -0.25) is 5.10 Å². The summed E-state index contributed by atoms with van der Waals surface area (Å²) in [5, 5.41) is 13.8. The van der Waals surface area contributed by atoms with Gasteiger partial charge in [0.1, 0.15) is 5.82 Å². The minimum atomic E-state index is 0.239. The Morgan fingerprint density at radius 1 is 1.04 bits per heavy atom. The van der Waals surface area contributed by atoms with Gasteiger partial charge in [-0.1, -0.05) is 6.07 Å². The molecule has 0 saturated heterocycles. The maximum Gasteiger partial charge on any atom is 0.221 e. The standard InChI is InChI=1S/C19H14N6S2/c20-19-21-6-5-17(24-19)23-12-8-11-10-22-25-18(11)13(9-12)14-3-4-16(27-14)15-2-1-7-26-15/h1-10H,(H,22,25)(H3,20,21,23,24). The zero-order valence-electron chi connectivity index (χ0n) is 14.0. The molecule has 1 aromatic carbocycles. The van der Waals surface area contributed by atoms with Gasteiger partial charge in [-0.2, -0.15) is 10.1 Å². The van der Waals surface area contributed by atoms with Crippen LogP contribution in [0.3, 0.4) is 0 Å². The predicted octanol–water partition coefficient (Wildman–Crippen LogP) is 5.14. The van der Waals surface area contributed by atoms with Crippen molar-refractivity contribution in [2.45, 2.75) is 0 Å². The minimum Gasteiger partial charge on any atom is -0.368 e. The summed E-state index contributed by atoms with van der Waals surface area (Å²) in [5.41, 5.74) is 8.72. The Labute approximate surface area is 162 Å². The lowest BCUT2D eigenvalue weighted by Gasteiger charge is -2.09. The van der Waals surface area contributed by atoms with E-state index in [2.05, 4.69) is 61.2 Å². The number of aromatic amines is 1. The lowest BCUT2D eigenvalue weighted by atomic mass is 10.1. The molecule has 0 bridgehead atoms. The first-order chi connectivity index (χ1) is 13.3. The highest BCUT2D eigenvalue weighted by atomic mass is 32.1. The Morgan fingerprint density at radius 3 is 2.81 bits per heavy atom. The molecule has 0 saturated carbocycles. The number of thiophene rings is 2. The van der Waals surface area contributed by atoms with Crippen molar-refractivity contribution >= 4 is 51.0 Å². The van der Waals surface area contributed by atoms with E-state index in [0.29, 0.717) is 5.82 Å². The highest BCUT2D eigenvalue weighted by molar-refractivity contribution is 7.23. The summed E-state index contributed by atoms with van der Waals surface area (Å²) in [6.07, 6.45) is 3.46. The monoisotopic (exact) mass is 390 g/mol. The Kier molecular flexibility index (Phi) is 3.84. The van der Waals surface area contributed by atoms with Crippen LogP contribution in [0.15, 0.2) is 60.2 Å². The first kappa shape index (κ1) is 16.0. The number of nitrogens with two attached hydrogens (primary N) is 1. The van der Waals surface area contributed by atoms with Gasteiger partial charge >= 0.3 is 0 Å². The van der Waals surface area contributed by atoms with Gasteiger partial charge in [0.15, 0.2) is 0 Å². The van der Waals surface area contributed by atoms with Crippen LogP contribution in [0.2, 0.25) is 0 Å². The second-order valence-electron chi connectivity index (χ2n) is 5.92. The normalized spacial score (nSPS) is 11.1. The van der Waals surface area contributed by atoms with Gasteiger partial charge < -0.3 is 11.1 Å². The summed E-state index contributed by atoms with van der Waals surface area (Å²) < 4.78 is 0. The molecular formula is C19H14N6S2. The van der Waals surface area contributed by atoms with Crippen LogP contribution in [0, 0.1) is 0 Å². The van der Waals surface area contributed by atoms with Gasteiger partial charge in [-0.15, -0.1) is 22.7 Å². The number of benzene rings is 1. The van der Waals surface area contributed by atoms with Crippen LogP contribution in [-0.4, -0.2) is 20.2 Å². The number of nitrogen functional groups attached to an aromatic ring is 1. The van der Waals surface area contributed by atoms with Crippen LogP contribution >= 0.6 is 22.7 Å². The van der Waals surface area contributed by atoms with Crippen LogP contribution in [0.1, 0.15) is 0 Å². The molecule has 4 N–H and O–H groups in total. The molecule has 0 radical (unpaired) electrons. The van der Waals surface area contributed by atoms with E-state index in [1.807, 2.05) is 12.3 Å². The van der Waals surface area contributed by atoms with Crippen molar-refractivity contribution in [3.63, 3.8) is 0 Å². The summed E-state index contributed by atoms with van der Waals surface area (Å²) in [6.45, 7) is 0.